The minimum atomic E-state index is 0.682. The number of hydrogen-bond acceptors (Lipinski definition) is 4. The maximum atomic E-state index is 5.84. The standard InChI is InChI=1S/C28H34N4O/c1-30(2)14-7-15-32-27-9-6-5-8-23(27)19-28(32)25-18-24(20-29-21-25)22-10-12-26(13-11-22)33-17-16-31(3)4/h5-6,8-13,18-21H,7,14-17H2,1-4H3. The van der Waals surface area contributed by atoms with Crippen molar-refractivity contribution in [1.29, 1.82) is 0 Å². The van der Waals surface area contributed by atoms with Crippen LogP contribution in [0.3, 0.4) is 0 Å². The quantitative estimate of drug-likeness (QED) is 0.335. The summed E-state index contributed by atoms with van der Waals surface area (Å²) in [5, 5.41) is 1.27. The number of hydrogen-bond donors (Lipinski definition) is 0. The summed E-state index contributed by atoms with van der Waals surface area (Å²) in [5.74, 6) is 0.894. The van der Waals surface area contributed by atoms with Crippen molar-refractivity contribution in [2.75, 3.05) is 47.9 Å². The summed E-state index contributed by atoms with van der Waals surface area (Å²) in [6.45, 7) is 3.62. The molecule has 0 bridgehead atoms. The van der Waals surface area contributed by atoms with Crippen LogP contribution in [0.1, 0.15) is 6.42 Å². The van der Waals surface area contributed by atoms with Gasteiger partial charge in [-0.15, -0.1) is 0 Å². The van der Waals surface area contributed by atoms with E-state index in [1.165, 1.54) is 16.6 Å². The van der Waals surface area contributed by atoms with Crippen molar-refractivity contribution in [2.45, 2.75) is 13.0 Å². The van der Waals surface area contributed by atoms with E-state index in [9.17, 15) is 0 Å². The third kappa shape index (κ3) is 5.81. The molecule has 0 unspecified atom stereocenters. The van der Waals surface area contributed by atoms with Crippen molar-refractivity contribution in [3.8, 4) is 28.1 Å². The summed E-state index contributed by atoms with van der Waals surface area (Å²) in [7, 11) is 8.35. The fourth-order valence-electron chi connectivity index (χ4n) is 4.06. The van der Waals surface area contributed by atoms with E-state index in [1.54, 1.807) is 0 Å². The molecule has 33 heavy (non-hydrogen) atoms. The predicted octanol–water partition coefficient (Wildman–Crippen LogP) is 5.26. The Morgan fingerprint density at radius 2 is 1.52 bits per heavy atom. The minimum Gasteiger partial charge on any atom is -0.492 e. The largest absolute Gasteiger partial charge is 0.492 e. The van der Waals surface area contributed by atoms with E-state index in [-0.39, 0.29) is 0 Å². The molecule has 0 atom stereocenters. The molecule has 0 aliphatic carbocycles. The molecule has 0 saturated heterocycles. The van der Waals surface area contributed by atoms with E-state index in [4.69, 9.17) is 4.74 Å². The molecule has 0 aliphatic heterocycles. The van der Waals surface area contributed by atoms with Gasteiger partial charge in [0.05, 0.1) is 5.69 Å². The Morgan fingerprint density at radius 1 is 0.788 bits per heavy atom. The zero-order valence-electron chi connectivity index (χ0n) is 20.2. The summed E-state index contributed by atoms with van der Waals surface area (Å²) < 4.78 is 8.27. The SMILES string of the molecule is CN(C)CCCn1c(-c2cncc(-c3ccc(OCCN(C)C)cc3)c2)cc2ccccc21. The van der Waals surface area contributed by atoms with Gasteiger partial charge in [-0.25, -0.2) is 0 Å². The molecule has 0 saturated carbocycles. The Labute approximate surface area is 197 Å². The van der Waals surface area contributed by atoms with Crippen LogP contribution in [0.5, 0.6) is 5.75 Å². The van der Waals surface area contributed by atoms with Crippen LogP contribution in [0.2, 0.25) is 0 Å². The van der Waals surface area contributed by atoms with Crippen LogP contribution >= 0.6 is 0 Å². The number of aromatic nitrogens is 2. The molecule has 2 heterocycles. The molecule has 0 aliphatic rings. The summed E-state index contributed by atoms with van der Waals surface area (Å²) >= 11 is 0. The minimum absolute atomic E-state index is 0.682. The van der Waals surface area contributed by atoms with E-state index in [1.807, 2.05) is 38.6 Å². The van der Waals surface area contributed by atoms with Gasteiger partial charge in [-0.2, -0.15) is 0 Å². The lowest BCUT2D eigenvalue weighted by Crippen LogP contribution is -2.19. The molecule has 0 N–H and O–H groups in total. The Bertz CT molecular complexity index is 1180. The normalized spacial score (nSPS) is 11.6. The first-order chi connectivity index (χ1) is 16.0. The number of ether oxygens (including phenoxy) is 1. The lowest BCUT2D eigenvalue weighted by atomic mass is 10.0. The van der Waals surface area contributed by atoms with E-state index < -0.39 is 0 Å². The van der Waals surface area contributed by atoms with Crippen LogP contribution < -0.4 is 4.74 Å². The first-order valence-corrected chi connectivity index (χ1v) is 11.6. The molecular weight excluding hydrogens is 408 g/mol. The van der Waals surface area contributed by atoms with Gasteiger partial charge < -0.3 is 19.1 Å². The highest BCUT2D eigenvalue weighted by molar-refractivity contribution is 5.87. The van der Waals surface area contributed by atoms with Gasteiger partial charge in [-0.05, 0) is 77.1 Å². The smallest absolute Gasteiger partial charge is 0.119 e. The number of fused-ring (bicyclic) bond motifs is 1. The van der Waals surface area contributed by atoms with Crippen LogP contribution in [-0.2, 0) is 6.54 Å². The second kappa shape index (κ2) is 10.6. The monoisotopic (exact) mass is 442 g/mol. The fourth-order valence-corrected chi connectivity index (χ4v) is 4.06. The topological polar surface area (TPSA) is 33.5 Å². The molecule has 0 fully saturated rings. The Hall–Kier alpha value is -3.15. The highest BCUT2D eigenvalue weighted by atomic mass is 16.5. The summed E-state index contributed by atoms with van der Waals surface area (Å²) in [4.78, 5) is 8.94. The second-order valence-electron chi connectivity index (χ2n) is 9.04. The van der Waals surface area contributed by atoms with Gasteiger partial charge in [0.25, 0.3) is 0 Å². The van der Waals surface area contributed by atoms with Crippen molar-refractivity contribution in [3.05, 3.63) is 73.1 Å². The van der Waals surface area contributed by atoms with E-state index in [0.717, 1.165) is 48.5 Å². The highest BCUT2D eigenvalue weighted by Crippen LogP contribution is 2.31. The number of rotatable bonds is 10. The first-order valence-electron chi connectivity index (χ1n) is 11.6. The molecular formula is C28H34N4O. The van der Waals surface area contributed by atoms with Crippen molar-refractivity contribution < 1.29 is 4.74 Å². The third-order valence-corrected chi connectivity index (χ3v) is 5.83. The van der Waals surface area contributed by atoms with E-state index >= 15 is 0 Å². The van der Waals surface area contributed by atoms with Crippen LogP contribution in [0.15, 0.2) is 73.1 Å². The maximum Gasteiger partial charge on any atom is 0.119 e. The number of pyridine rings is 1. The molecule has 0 radical (unpaired) electrons. The van der Waals surface area contributed by atoms with Gasteiger partial charge in [-0.1, -0.05) is 30.3 Å². The molecule has 0 spiro atoms. The van der Waals surface area contributed by atoms with Crippen molar-refractivity contribution in [3.63, 3.8) is 0 Å². The summed E-state index contributed by atoms with van der Waals surface area (Å²) in [5.41, 5.74) is 5.88. The average Bonchev–Trinajstić information content (AvgIpc) is 3.18. The molecule has 4 aromatic rings. The maximum absolute atomic E-state index is 5.84. The summed E-state index contributed by atoms with van der Waals surface area (Å²) in [6.07, 6.45) is 5.00. The van der Waals surface area contributed by atoms with Crippen molar-refractivity contribution in [1.82, 2.24) is 19.4 Å². The van der Waals surface area contributed by atoms with Gasteiger partial charge in [0.2, 0.25) is 0 Å². The van der Waals surface area contributed by atoms with Crippen LogP contribution in [-0.4, -0.2) is 67.2 Å². The Kier molecular flexibility index (Phi) is 7.43. The van der Waals surface area contributed by atoms with Crippen molar-refractivity contribution in [2.24, 2.45) is 0 Å². The number of benzene rings is 2. The predicted molar refractivity (Wildman–Crippen MR) is 138 cm³/mol. The Balaban J connectivity index is 1.60. The second-order valence-corrected chi connectivity index (χ2v) is 9.04. The molecule has 2 aromatic carbocycles. The fraction of sp³-hybridized carbons (Fsp3) is 0.321. The number of nitrogens with zero attached hydrogens (tertiary/aromatic N) is 4. The average molecular weight is 443 g/mol. The molecule has 0 amide bonds. The van der Waals surface area contributed by atoms with Crippen molar-refractivity contribution >= 4 is 10.9 Å². The number of aryl methyl sites for hydroxylation is 1. The number of para-hydroxylation sites is 1. The van der Waals surface area contributed by atoms with Gasteiger partial charge in [0.15, 0.2) is 0 Å². The van der Waals surface area contributed by atoms with Crippen LogP contribution in [0.25, 0.3) is 33.3 Å². The van der Waals surface area contributed by atoms with E-state index in [0.29, 0.717) is 6.61 Å². The van der Waals surface area contributed by atoms with Gasteiger partial charge >= 0.3 is 0 Å². The van der Waals surface area contributed by atoms with Crippen LogP contribution in [0, 0.1) is 0 Å². The zero-order chi connectivity index (χ0) is 23.2. The van der Waals surface area contributed by atoms with E-state index in [2.05, 4.69) is 82.0 Å². The highest BCUT2D eigenvalue weighted by Gasteiger charge is 2.12. The number of likely N-dealkylation sites (N-methyl/N-ethyl adjacent to an activating group) is 1. The van der Waals surface area contributed by atoms with Gasteiger partial charge in [-0.3, -0.25) is 4.98 Å². The Morgan fingerprint density at radius 3 is 2.27 bits per heavy atom. The molecule has 2 aromatic heterocycles. The third-order valence-electron chi connectivity index (χ3n) is 5.83. The van der Waals surface area contributed by atoms with Gasteiger partial charge in [0.1, 0.15) is 12.4 Å². The molecule has 172 valence electrons. The summed E-state index contributed by atoms with van der Waals surface area (Å²) in [6, 6.07) is 21.4. The molecule has 5 nitrogen and oxygen atoms in total. The lowest BCUT2D eigenvalue weighted by molar-refractivity contribution is 0.261. The molecule has 5 heteroatoms. The van der Waals surface area contributed by atoms with Crippen LogP contribution in [0.4, 0.5) is 0 Å². The molecule has 4 rings (SSSR count). The first kappa shape index (κ1) is 23.0. The van der Waals surface area contributed by atoms with Gasteiger partial charge in [0, 0.05) is 47.5 Å². The zero-order valence-corrected chi connectivity index (χ0v) is 20.2. The lowest BCUT2D eigenvalue weighted by Gasteiger charge is -2.14.